The molecule has 3 aromatic rings. The van der Waals surface area contributed by atoms with Gasteiger partial charge in [0.1, 0.15) is 11.6 Å². The number of hydrogen-bond acceptors (Lipinski definition) is 3. The number of nitrogens with one attached hydrogen (secondary N) is 1. The predicted octanol–water partition coefficient (Wildman–Crippen LogP) is 6.03. The highest BCUT2D eigenvalue weighted by Crippen LogP contribution is 2.21. The van der Waals surface area contributed by atoms with Gasteiger partial charge in [-0.3, -0.25) is 4.79 Å². The second kappa shape index (κ2) is 14.0. The Morgan fingerprint density at radius 3 is 2.74 bits per heavy atom. The zero-order valence-corrected chi connectivity index (χ0v) is 20.3. The lowest BCUT2D eigenvalue weighted by Gasteiger charge is -2.12. The highest BCUT2D eigenvalue weighted by atomic mass is 16.5. The number of benzene rings is 2. The number of fused-ring (bicyclic) bond motifs is 1. The maximum atomic E-state index is 11.5. The summed E-state index contributed by atoms with van der Waals surface area (Å²) in [5.41, 5.74) is 3.45. The molecule has 1 amide bonds. The van der Waals surface area contributed by atoms with Gasteiger partial charge in [0, 0.05) is 19.5 Å². The first-order chi connectivity index (χ1) is 16.7. The van der Waals surface area contributed by atoms with E-state index in [1.807, 2.05) is 37.3 Å². The lowest BCUT2D eigenvalue weighted by molar-refractivity contribution is -0.116. The summed E-state index contributed by atoms with van der Waals surface area (Å²) in [7, 11) is 0. The Labute approximate surface area is 203 Å². The van der Waals surface area contributed by atoms with Crippen molar-refractivity contribution in [3.05, 3.63) is 84.7 Å². The van der Waals surface area contributed by atoms with Crippen LogP contribution >= 0.6 is 0 Å². The van der Waals surface area contributed by atoms with Crippen molar-refractivity contribution >= 4 is 16.9 Å². The van der Waals surface area contributed by atoms with Crippen LogP contribution in [-0.4, -0.2) is 28.6 Å². The van der Waals surface area contributed by atoms with Crippen molar-refractivity contribution in [3.8, 4) is 5.75 Å². The molecule has 5 nitrogen and oxygen atoms in total. The minimum absolute atomic E-state index is 0.0162. The normalized spacial score (nSPS) is 11.2. The van der Waals surface area contributed by atoms with Gasteiger partial charge < -0.3 is 14.6 Å². The van der Waals surface area contributed by atoms with Gasteiger partial charge in [-0.1, -0.05) is 48.9 Å². The monoisotopic (exact) mass is 459 g/mol. The second-order valence-electron chi connectivity index (χ2n) is 8.43. The van der Waals surface area contributed by atoms with Crippen LogP contribution in [0.15, 0.2) is 73.3 Å². The van der Waals surface area contributed by atoms with Crippen molar-refractivity contribution in [2.24, 2.45) is 0 Å². The zero-order chi connectivity index (χ0) is 24.0. The standard InChI is InChI=1S/C29H37N3O2/c1-3-14-24-16-7-10-19-27(24)34-23-13-12-22-32-26-18-9-8-17-25(26)31-28(32)20-6-5-11-21-30-29(33)15-4-2/h3-4,7-10,15-19H,1,5-6,11-14,20-23H2,2H3,(H,30,33)/b15-4+. The van der Waals surface area contributed by atoms with Gasteiger partial charge in [0.2, 0.25) is 5.91 Å². The quantitative estimate of drug-likeness (QED) is 0.172. The number of para-hydroxylation sites is 3. The summed E-state index contributed by atoms with van der Waals surface area (Å²) in [4.78, 5) is 16.4. The molecule has 0 aliphatic carbocycles. The van der Waals surface area contributed by atoms with Crippen molar-refractivity contribution in [1.29, 1.82) is 0 Å². The number of hydrogen-bond donors (Lipinski definition) is 1. The Morgan fingerprint density at radius 2 is 1.88 bits per heavy atom. The van der Waals surface area contributed by atoms with Gasteiger partial charge in [-0.05, 0) is 68.9 Å². The number of aryl methyl sites for hydroxylation is 2. The van der Waals surface area contributed by atoms with E-state index < -0.39 is 0 Å². The van der Waals surface area contributed by atoms with Crippen LogP contribution in [0.1, 0.15) is 50.4 Å². The van der Waals surface area contributed by atoms with Gasteiger partial charge in [-0.2, -0.15) is 0 Å². The molecule has 0 fully saturated rings. The Bertz CT molecular complexity index is 1080. The molecule has 1 heterocycles. The Morgan fingerprint density at radius 1 is 1.06 bits per heavy atom. The molecule has 0 bridgehead atoms. The number of carbonyl (C=O) groups is 1. The lowest BCUT2D eigenvalue weighted by Crippen LogP contribution is -2.21. The molecule has 1 aromatic heterocycles. The summed E-state index contributed by atoms with van der Waals surface area (Å²) in [5.74, 6) is 2.09. The first kappa shape index (κ1) is 25.3. The van der Waals surface area contributed by atoms with Gasteiger partial charge >= 0.3 is 0 Å². The van der Waals surface area contributed by atoms with Crippen LogP contribution in [0.4, 0.5) is 0 Å². The second-order valence-corrected chi connectivity index (χ2v) is 8.43. The van der Waals surface area contributed by atoms with Crippen LogP contribution in [0.25, 0.3) is 11.0 Å². The summed E-state index contributed by atoms with van der Waals surface area (Å²) in [5, 5.41) is 2.91. The molecule has 3 rings (SSSR count). The summed E-state index contributed by atoms with van der Waals surface area (Å²) >= 11 is 0. The van der Waals surface area contributed by atoms with E-state index in [1.165, 1.54) is 11.1 Å². The molecule has 180 valence electrons. The van der Waals surface area contributed by atoms with E-state index in [1.54, 1.807) is 12.2 Å². The van der Waals surface area contributed by atoms with E-state index in [0.717, 1.165) is 75.1 Å². The van der Waals surface area contributed by atoms with E-state index in [-0.39, 0.29) is 5.91 Å². The van der Waals surface area contributed by atoms with Crippen LogP contribution in [0, 0.1) is 0 Å². The largest absolute Gasteiger partial charge is 0.493 e. The molecule has 0 unspecified atom stereocenters. The number of allylic oxidation sites excluding steroid dienone is 2. The molecule has 0 atom stereocenters. The Balaban J connectivity index is 1.48. The molecular weight excluding hydrogens is 422 g/mol. The summed E-state index contributed by atoms with van der Waals surface area (Å²) in [6.45, 7) is 8.04. The highest BCUT2D eigenvalue weighted by Gasteiger charge is 2.10. The van der Waals surface area contributed by atoms with Crippen LogP contribution in [-0.2, 0) is 24.2 Å². The van der Waals surface area contributed by atoms with Gasteiger partial charge in [0.15, 0.2) is 0 Å². The fraction of sp³-hybridized carbons (Fsp3) is 0.379. The summed E-state index contributed by atoms with van der Waals surface area (Å²) in [6, 6.07) is 16.6. The zero-order valence-electron chi connectivity index (χ0n) is 20.3. The molecule has 1 N–H and O–H groups in total. The van der Waals surface area contributed by atoms with E-state index >= 15 is 0 Å². The van der Waals surface area contributed by atoms with E-state index in [2.05, 4.69) is 40.7 Å². The van der Waals surface area contributed by atoms with Crippen molar-refractivity contribution < 1.29 is 9.53 Å². The average Bonchev–Trinajstić information content (AvgIpc) is 3.20. The summed E-state index contributed by atoms with van der Waals surface area (Å²) in [6.07, 6.45) is 12.1. The molecule has 0 aliphatic rings. The first-order valence-corrected chi connectivity index (χ1v) is 12.4. The molecule has 2 aromatic carbocycles. The number of aromatic nitrogens is 2. The van der Waals surface area contributed by atoms with Crippen LogP contribution in [0.5, 0.6) is 5.75 Å². The molecule has 0 spiro atoms. The van der Waals surface area contributed by atoms with Crippen molar-refractivity contribution in [2.45, 2.75) is 58.4 Å². The first-order valence-electron chi connectivity index (χ1n) is 12.4. The van der Waals surface area contributed by atoms with Gasteiger partial charge in [0.05, 0.1) is 17.6 Å². The topological polar surface area (TPSA) is 56.1 Å². The van der Waals surface area contributed by atoms with Gasteiger partial charge in [-0.25, -0.2) is 4.98 Å². The maximum absolute atomic E-state index is 11.5. The van der Waals surface area contributed by atoms with Crippen molar-refractivity contribution in [3.63, 3.8) is 0 Å². The van der Waals surface area contributed by atoms with Crippen molar-refractivity contribution in [1.82, 2.24) is 14.9 Å². The smallest absolute Gasteiger partial charge is 0.243 e. The number of imidazole rings is 1. The highest BCUT2D eigenvalue weighted by molar-refractivity contribution is 5.87. The summed E-state index contributed by atoms with van der Waals surface area (Å²) < 4.78 is 8.42. The number of nitrogens with zero attached hydrogens (tertiary/aromatic N) is 2. The van der Waals surface area contributed by atoms with Crippen LogP contribution in [0.2, 0.25) is 0 Å². The van der Waals surface area contributed by atoms with Gasteiger partial charge in [0.25, 0.3) is 0 Å². The molecule has 0 aliphatic heterocycles. The van der Waals surface area contributed by atoms with Crippen LogP contribution in [0.3, 0.4) is 0 Å². The third-order valence-corrected chi connectivity index (χ3v) is 5.80. The number of amides is 1. The van der Waals surface area contributed by atoms with E-state index in [0.29, 0.717) is 6.61 Å². The molecule has 0 saturated carbocycles. The predicted molar refractivity (Wildman–Crippen MR) is 140 cm³/mol. The molecule has 34 heavy (non-hydrogen) atoms. The lowest BCUT2D eigenvalue weighted by atomic mass is 10.1. The molecule has 0 radical (unpaired) electrons. The molecular formula is C29H37N3O2. The Hall–Kier alpha value is -3.34. The number of carbonyl (C=O) groups excluding carboxylic acids is 1. The Kier molecular flexibility index (Phi) is 10.4. The SMILES string of the molecule is C=CCc1ccccc1OCCCCn1c(CCCCCNC(=O)/C=C/C)nc2ccccc21. The number of ether oxygens (including phenoxy) is 1. The third kappa shape index (κ3) is 7.62. The fourth-order valence-electron chi connectivity index (χ4n) is 4.10. The van der Waals surface area contributed by atoms with Crippen LogP contribution < -0.4 is 10.1 Å². The maximum Gasteiger partial charge on any atom is 0.243 e. The minimum Gasteiger partial charge on any atom is -0.493 e. The van der Waals surface area contributed by atoms with Gasteiger partial charge in [-0.15, -0.1) is 6.58 Å². The average molecular weight is 460 g/mol. The van der Waals surface area contributed by atoms with E-state index in [9.17, 15) is 4.79 Å². The molecule has 0 saturated heterocycles. The number of unbranched alkanes of at least 4 members (excludes halogenated alkanes) is 3. The fourth-order valence-corrected chi connectivity index (χ4v) is 4.10. The minimum atomic E-state index is -0.0162. The number of rotatable bonds is 15. The van der Waals surface area contributed by atoms with Crippen molar-refractivity contribution in [2.75, 3.05) is 13.2 Å². The molecule has 5 heteroatoms. The van der Waals surface area contributed by atoms with E-state index in [4.69, 9.17) is 9.72 Å². The third-order valence-electron chi connectivity index (χ3n) is 5.80.